The van der Waals surface area contributed by atoms with Crippen molar-refractivity contribution in [1.82, 2.24) is 15.2 Å². The molecule has 0 aliphatic carbocycles. The van der Waals surface area contributed by atoms with Gasteiger partial charge in [0.1, 0.15) is 5.82 Å². The maximum Gasteiger partial charge on any atom is 0.252 e. The molecule has 33 heavy (non-hydrogen) atoms. The highest BCUT2D eigenvalue weighted by Crippen LogP contribution is 2.31. The fraction of sp³-hybridized carbons (Fsp3) is 0.385. The van der Waals surface area contributed by atoms with Crippen LogP contribution in [-0.2, 0) is 0 Å². The molecule has 1 aliphatic heterocycles. The molecule has 0 atom stereocenters. The lowest BCUT2D eigenvalue weighted by molar-refractivity contribution is 0.0950. The Morgan fingerprint density at radius 2 is 1.73 bits per heavy atom. The minimum Gasteiger partial charge on any atom is -0.493 e. The van der Waals surface area contributed by atoms with E-state index < -0.39 is 0 Å². The van der Waals surface area contributed by atoms with E-state index in [0.717, 1.165) is 36.2 Å². The first-order valence-corrected chi connectivity index (χ1v) is 11.6. The zero-order valence-corrected chi connectivity index (χ0v) is 19.4. The second-order valence-electron chi connectivity index (χ2n) is 8.28. The third-order valence-corrected chi connectivity index (χ3v) is 6.03. The molecule has 2 aromatic carbocycles. The lowest BCUT2D eigenvalue weighted by Gasteiger charge is -2.20. The molecule has 1 fully saturated rings. The van der Waals surface area contributed by atoms with Gasteiger partial charge in [-0.05, 0) is 50.2 Å². The fourth-order valence-corrected chi connectivity index (χ4v) is 4.27. The maximum atomic E-state index is 13.1. The van der Waals surface area contributed by atoms with Crippen molar-refractivity contribution in [3.05, 3.63) is 54.1 Å². The van der Waals surface area contributed by atoms with Gasteiger partial charge >= 0.3 is 0 Å². The van der Waals surface area contributed by atoms with Gasteiger partial charge in [0.15, 0.2) is 11.5 Å². The quantitative estimate of drug-likeness (QED) is 0.525. The molecule has 7 heteroatoms. The molecule has 7 nitrogen and oxygen atoms in total. The molecule has 1 amide bonds. The second-order valence-corrected chi connectivity index (χ2v) is 8.28. The number of anilines is 2. The molecule has 0 bridgehead atoms. The molecular weight excluding hydrogens is 416 g/mol. The first-order valence-electron chi connectivity index (χ1n) is 11.6. The number of nitrogens with one attached hydrogen (secondary N) is 2. The SMILES string of the molecule is COc1ccc(Nc2cc(C(=O)NCCN3CCCCCC3)c3ccccc3n2)cc1OC. The van der Waals surface area contributed by atoms with Gasteiger partial charge in [0.2, 0.25) is 0 Å². The molecule has 1 aliphatic rings. The highest BCUT2D eigenvalue weighted by Gasteiger charge is 2.15. The number of likely N-dealkylation sites (tertiary alicyclic amines) is 1. The monoisotopic (exact) mass is 448 g/mol. The number of hydrogen-bond acceptors (Lipinski definition) is 6. The number of hydrogen-bond donors (Lipinski definition) is 2. The van der Waals surface area contributed by atoms with Crippen LogP contribution in [0.4, 0.5) is 11.5 Å². The molecule has 2 heterocycles. The van der Waals surface area contributed by atoms with Crippen LogP contribution in [0.15, 0.2) is 48.5 Å². The zero-order chi connectivity index (χ0) is 23.0. The van der Waals surface area contributed by atoms with E-state index in [4.69, 9.17) is 14.5 Å². The molecule has 3 aromatic rings. The smallest absolute Gasteiger partial charge is 0.252 e. The normalized spacial score (nSPS) is 14.5. The number of methoxy groups -OCH3 is 2. The van der Waals surface area contributed by atoms with E-state index in [0.29, 0.717) is 29.4 Å². The number of aromatic nitrogens is 1. The maximum absolute atomic E-state index is 13.1. The number of carbonyl (C=O) groups excluding carboxylic acids is 1. The van der Waals surface area contributed by atoms with Crippen molar-refractivity contribution in [1.29, 1.82) is 0 Å². The predicted molar refractivity (Wildman–Crippen MR) is 132 cm³/mol. The van der Waals surface area contributed by atoms with E-state index in [1.54, 1.807) is 20.3 Å². The highest BCUT2D eigenvalue weighted by molar-refractivity contribution is 6.07. The van der Waals surface area contributed by atoms with Crippen LogP contribution in [0.3, 0.4) is 0 Å². The molecule has 174 valence electrons. The van der Waals surface area contributed by atoms with Crippen molar-refractivity contribution in [2.24, 2.45) is 0 Å². The second kappa shape index (κ2) is 11.0. The minimum absolute atomic E-state index is 0.0845. The van der Waals surface area contributed by atoms with Crippen molar-refractivity contribution in [3.8, 4) is 11.5 Å². The molecule has 0 spiro atoms. The molecule has 2 N–H and O–H groups in total. The van der Waals surface area contributed by atoms with Gasteiger partial charge < -0.3 is 25.0 Å². The number of amides is 1. The fourth-order valence-electron chi connectivity index (χ4n) is 4.27. The van der Waals surface area contributed by atoms with Crippen LogP contribution in [0.25, 0.3) is 10.9 Å². The van der Waals surface area contributed by atoms with Gasteiger partial charge in [0, 0.05) is 30.2 Å². The molecular formula is C26H32N4O3. The molecule has 1 aromatic heterocycles. The Hall–Kier alpha value is -3.32. The van der Waals surface area contributed by atoms with E-state index in [-0.39, 0.29) is 5.91 Å². The summed E-state index contributed by atoms with van der Waals surface area (Å²) in [5, 5.41) is 7.24. The van der Waals surface area contributed by atoms with Crippen LogP contribution < -0.4 is 20.1 Å². The number of pyridine rings is 1. The highest BCUT2D eigenvalue weighted by atomic mass is 16.5. The number of carbonyl (C=O) groups is 1. The Balaban J connectivity index is 1.52. The number of nitrogens with zero attached hydrogens (tertiary/aromatic N) is 2. The summed E-state index contributed by atoms with van der Waals surface area (Å²) in [4.78, 5) is 20.3. The third kappa shape index (κ3) is 5.73. The van der Waals surface area contributed by atoms with Crippen LogP contribution in [0, 0.1) is 0 Å². The molecule has 0 unspecified atom stereocenters. The minimum atomic E-state index is -0.0845. The van der Waals surface area contributed by atoms with E-state index in [1.165, 1.54) is 25.7 Å². The van der Waals surface area contributed by atoms with Gasteiger partial charge in [0.25, 0.3) is 5.91 Å². The number of fused-ring (bicyclic) bond motifs is 1. The molecule has 0 radical (unpaired) electrons. The van der Waals surface area contributed by atoms with E-state index in [2.05, 4.69) is 15.5 Å². The van der Waals surface area contributed by atoms with Gasteiger partial charge in [0.05, 0.1) is 25.3 Å². The lowest BCUT2D eigenvalue weighted by atomic mass is 10.1. The van der Waals surface area contributed by atoms with Gasteiger partial charge in [-0.1, -0.05) is 31.0 Å². The van der Waals surface area contributed by atoms with E-state index in [1.807, 2.05) is 42.5 Å². The summed E-state index contributed by atoms with van der Waals surface area (Å²) in [6.07, 6.45) is 5.10. The van der Waals surface area contributed by atoms with E-state index in [9.17, 15) is 4.79 Å². The van der Waals surface area contributed by atoms with Crippen LogP contribution in [0.1, 0.15) is 36.0 Å². The Labute approximate surface area is 195 Å². The topological polar surface area (TPSA) is 75.7 Å². The van der Waals surface area contributed by atoms with Crippen molar-refractivity contribution in [2.45, 2.75) is 25.7 Å². The largest absolute Gasteiger partial charge is 0.493 e. The number of ether oxygens (including phenoxy) is 2. The number of benzene rings is 2. The van der Waals surface area contributed by atoms with Gasteiger partial charge in [-0.2, -0.15) is 0 Å². The van der Waals surface area contributed by atoms with Crippen molar-refractivity contribution in [3.63, 3.8) is 0 Å². The summed E-state index contributed by atoms with van der Waals surface area (Å²) in [5.41, 5.74) is 2.17. The first kappa shape index (κ1) is 22.9. The van der Waals surface area contributed by atoms with Crippen LogP contribution in [0.2, 0.25) is 0 Å². The summed E-state index contributed by atoms with van der Waals surface area (Å²) in [5.74, 6) is 1.78. The first-order chi connectivity index (χ1) is 16.2. The van der Waals surface area contributed by atoms with Crippen molar-refractivity contribution in [2.75, 3.05) is 45.7 Å². The van der Waals surface area contributed by atoms with Crippen molar-refractivity contribution < 1.29 is 14.3 Å². The Bertz CT molecular complexity index is 1090. The standard InChI is InChI=1S/C26H32N4O3/c1-32-23-12-11-19(17-24(23)33-2)28-25-18-21(20-9-5-6-10-22(20)29-25)26(31)27-13-16-30-14-7-3-4-8-15-30/h5-6,9-12,17-18H,3-4,7-8,13-16H2,1-2H3,(H,27,31)(H,28,29). The van der Waals surface area contributed by atoms with Crippen LogP contribution in [-0.4, -0.2) is 56.2 Å². The van der Waals surface area contributed by atoms with Crippen LogP contribution >= 0.6 is 0 Å². The van der Waals surface area contributed by atoms with Gasteiger partial charge in [-0.25, -0.2) is 4.98 Å². The van der Waals surface area contributed by atoms with Gasteiger partial charge in [-0.3, -0.25) is 4.79 Å². The zero-order valence-electron chi connectivity index (χ0n) is 19.4. The molecule has 0 saturated carbocycles. The summed E-state index contributed by atoms with van der Waals surface area (Å²) >= 11 is 0. The lowest BCUT2D eigenvalue weighted by Crippen LogP contribution is -2.35. The Morgan fingerprint density at radius 3 is 2.48 bits per heavy atom. The molecule has 4 rings (SSSR count). The van der Waals surface area contributed by atoms with E-state index >= 15 is 0 Å². The summed E-state index contributed by atoms with van der Waals surface area (Å²) in [7, 11) is 3.21. The summed E-state index contributed by atoms with van der Waals surface area (Å²) < 4.78 is 10.7. The summed E-state index contributed by atoms with van der Waals surface area (Å²) in [6, 6.07) is 15.1. The number of rotatable bonds is 8. The predicted octanol–water partition coefficient (Wildman–Crippen LogP) is 4.60. The van der Waals surface area contributed by atoms with Crippen molar-refractivity contribution >= 4 is 28.3 Å². The summed E-state index contributed by atoms with van der Waals surface area (Å²) in [6.45, 7) is 3.75. The average molecular weight is 449 g/mol. The van der Waals surface area contributed by atoms with Gasteiger partial charge in [-0.15, -0.1) is 0 Å². The van der Waals surface area contributed by atoms with Crippen LogP contribution in [0.5, 0.6) is 11.5 Å². The molecule has 1 saturated heterocycles. The average Bonchev–Trinajstić information content (AvgIpc) is 3.12. The third-order valence-electron chi connectivity index (χ3n) is 6.03. The Morgan fingerprint density at radius 1 is 0.970 bits per heavy atom. The Kier molecular flexibility index (Phi) is 7.62. The number of para-hydroxylation sites is 1.